The van der Waals surface area contributed by atoms with Crippen molar-refractivity contribution < 1.29 is 16.8 Å². The average molecular weight is 337 g/mol. The van der Waals surface area contributed by atoms with Gasteiger partial charge in [-0.3, -0.25) is 4.98 Å². The van der Waals surface area contributed by atoms with Gasteiger partial charge in [-0.25, -0.2) is 21.6 Å². The molecule has 1 aromatic rings. The van der Waals surface area contributed by atoms with Gasteiger partial charge in [-0.05, 0) is 19.1 Å². The molecule has 7 nitrogen and oxygen atoms in total. The molecule has 0 amide bonds. The van der Waals surface area contributed by atoms with Crippen LogP contribution in [0.5, 0.6) is 0 Å². The molecule has 0 aliphatic carbocycles. The first kappa shape index (κ1) is 17.0. The van der Waals surface area contributed by atoms with E-state index in [9.17, 15) is 16.8 Å². The largest absolute Gasteiger partial charge is 0.388 e. The van der Waals surface area contributed by atoms with Crippen molar-refractivity contribution in [1.29, 1.82) is 0 Å². The van der Waals surface area contributed by atoms with E-state index in [1.807, 2.05) is 0 Å². The molecule has 3 N–H and O–H groups in total. The summed E-state index contributed by atoms with van der Waals surface area (Å²) in [7, 11) is -7.25. The van der Waals surface area contributed by atoms with E-state index in [-0.39, 0.29) is 21.3 Å². The van der Waals surface area contributed by atoms with E-state index < -0.39 is 25.9 Å². The number of nitrogens with one attached hydrogen (secondary N) is 1. The van der Waals surface area contributed by atoms with Crippen LogP contribution in [0.3, 0.4) is 0 Å². The van der Waals surface area contributed by atoms with E-state index in [1.165, 1.54) is 25.3 Å². The van der Waals surface area contributed by atoms with Crippen molar-refractivity contribution in [3.8, 4) is 0 Å². The van der Waals surface area contributed by atoms with Crippen molar-refractivity contribution in [3.63, 3.8) is 0 Å². The van der Waals surface area contributed by atoms with Gasteiger partial charge in [0.1, 0.15) is 25.4 Å². The van der Waals surface area contributed by atoms with Gasteiger partial charge < -0.3 is 5.73 Å². The maximum Gasteiger partial charge on any atom is 0.243 e. The number of aromatic nitrogens is 1. The topological polar surface area (TPSA) is 119 Å². The predicted molar refractivity (Wildman–Crippen MR) is 79.6 cm³/mol. The molecule has 112 valence electrons. The normalized spacial score (nSPS) is 13.9. The number of sulfone groups is 1. The average Bonchev–Trinajstić information content (AvgIpc) is 2.25. The Balaban J connectivity index is 3.10. The number of hydrogen-bond donors (Lipinski definition) is 2. The van der Waals surface area contributed by atoms with Gasteiger partial charge in [0.05, 0.1) is 5.75 Å². The van der Waals surface area contributed by atoms with Crippen molar-refractivity contribution in [1.82, 2.24) is 9.71 Å². The van der Waals surface area contributed by atoms with Gasteiger partial charge in [0.25, 0.3) is 0 Å². The summed E-state index contributed by atoms with van der Waals surface area (Å²) in [6.07, 6.45) is 2.40. The van der Waals surface area contributed by atoms with Gasteiger partial charge in [0, 0.05) is 18.5 Å². The molecule has 0 saturated heterocycles. The number of pyridine rings is 1. The highest BCUT2D eigenvalue weighted by Crippen LogP contribution is 2.13. The minimum atomic E-state index is -3.95. The molecule has 0 aromatic carbocycles. The fourth-order valence-electron chi connectivity index (χ4n) is 1.61. The van der Waals surface area contributed by atoms with Crippen LogP contribution < -0.4 is 10.5 Å². The summed E-state index contributed by atoms with van der Waals surface area (Å²) < 4.78 is 48.9. The van der Waals surface area contributed by atoms with Gasteiger partial charge in [0.2, 0.25) is 10.0 Å². The smallest absolute Gasteiger partial charge is 0.243 e. The maximum absolute atomic E-state index is 12.2. The summed E-state index contributed by atoms with van der Waals surface area (Å²) in [6, 6.07) is 1.95. The zero-order valence-electron chi connectivity index (χ0n) is 10.9. The van der Waals surface area contributed by atoms with Gasteiger partial charge in [-0.1, -0.05) is 12.2 Å². The molecular weight excluding hydrogens is 322 g/mol. The Kier molecular flexibility index (Phi) is 5.19. The Morgan fingerprint density at radius 1 is 1.45 bits per heavy atom. The number of rotatable bonds is 6. The standard InChI is InChI=1S/C10H15N3O4S3/c1-7(6-19(2,14)15)13-20(16,17)8-4-3-5-12-9(8)10(11)18/h3-5,7,13H,6H2,1-2H3,(H2,11,18). The Morgan fingerprint density at radius 2 is 2.05 bits per heavy atom. The minimum Gasteiger partial charge on any atom is -0.388 e. The number of thiocarbonyl (C=S) groups is 1. The van der Waals surface area contributed by atoms with E-state index >= 15 is 0 Å². The molecule has 20 heavy (non-hydrogen) atoms. The molecule has 0 fully saturated rings. The number of nitrogens with zero attached hydrogens (tertiary/aromatic N) is 1. The van der Waals surface area contributed by atoms with Gasteiger partial charge in [0.15, 0.2) is 0 Å². The lowest BCUT2D eigenvalue weighted by Crippen LogP contribution is -2.38. The highest BCUT2D eigenvalue weighted by Gasteiger charge is 2.24. The molecule has 1 atom stereocenters. The Labute approximate surface area is 123 Å². The molecule has 0 radical (unpaired) electrons. The molecule has 1 heterocycles. The molecule has 1 rings (SSSR count). The highest BCUT2D eigenvalue weighted by molar-refractivity contribution is 7.91. The van der Waals surface area contributed by atoms with Crippen molar-refractivity contribution in [2.75, 3.05) is 12.0 Å². The second kappa shape index (κ2) is 6.12. The van der Waals surface area contributed by atoms with Crippen LogP contribution >= 0.6 is 12.2 Å². The third-order valence-electron chi connectivity index (χ3n) is 2.20. The molecule has 0 aliphatic rings. The molecule has 0 bridgehead atoms. The third kappa shape index (κ3) is 4.78. The summed E-state index contributed by atoms with van der Waals surface area (Å²) in [5.41, 5.74) is 5.40. The van der Waals surface area contributed by atoms with E-state index in [0.717, 1.165) is 6.26 Å². The summed E-state index contributed by atoms with van der Waals surface area (Å²) in [5, 5.41) is 0. The van der Waals surface area contributed by atoms with E-state index in [1.54, 1.807) is 0 Å². The predicted octanol–water partition coefficient (Wildman–Crippen LogP) is -0.573. The van der Waals surface area contributed by atoms with E-state index in [0.29, 0.717) is 0 Å². The SMILES string of the molecule is CC(CS(C)(=O)=O)NS(=O)(=O)c1cccnc1C(N)=S. The van der Waals surface area contributed by atoms with Crippen LogP contribution in [0.1, 0.15) is 12.6 Å². The van der Waals surface area contributed by atoms with Crippen molar-refractivity contribution in [2.24, 2.45) is 5.73 Å². The van der Waals surface area contributed by atoms with Crippen molar-refractivity contribution in [3.05, 3.63) is 24.0 Å². The number of hydrogen-bond acceptors (Lipinski definition) is 6. The molecule has 0 saturated carbocycles. The first-order valence-electron chi connectivity index (χ1n) is 5.48. The van der Waals surface area contributed by atoms with Crippen LogP contribution in [-0.4, -0.2) is 44.9 Å². The second-order valence-corrected chi connectivity index (χ2v) is 8.64. The number of nitrogens with two attached hydrogens (primary N) is 1. The summed E-state index contributed by atoms with van der Waals surface area (Å²) >= 11 is 4.75. The Hall–Kier alpha value is -1.10. The first-order valence-corrected chi connectivity index (χ1v) is 9.43. The Bertz CT molecular complexity index is 713. The first-order chi connectivity index (χ1) is 9.03. The zero-order chi connectivity index (χ0) is 15.6. The van der Waals surface area contributed by atoms with Gasteiger partial charge >= 0.3 is 0 Å². The molecule has 0 spiro atoms. The quantitative estimate of drug-likeness (QED) is 0.667. The summed E-state index contributed by atoms with van der Waals surface area (Å²) in [5.74, 6) is -0.311. The van der Waals surface area contributed by atoms with E-state index in [4.69, 9.17) is 18.0 Å². The Morgan fingerprint density at radius 3 is 2.55 bits per heavy atom. The van der Waals surface area contributed by atoms with Crippen LogP contribution in [0.2, 0.25) is 0 Å². The molecule has 1 unspecified atom stereocenters. The molecular formula is C10H15N3O4S3. The maximum atomic E-state index is 12.2. The molecule has 1 aromatic heterocycles. The van der Waals surface area contributed by atoms with Crippen LogP contribution in [0.25, 0.3) is 0 Å². The highest BCUT2D eigenvalue weighted by atomic mass is 32.2. The lowest BCUT2D eigenvalue weighted by atomic mass is 10.3. The van der Waals surface area contributed by atoms with Crippen LogP contribution in [0, 0.1) is 0 Å². The lowest BCUT2D eigenvalue weighted by Gasteiger charge is -2.14. The number of sulfonamides is 1. The van der Waals surface area contributed by atoms with Gasteiger partial charge in [-0.15, -0.1) is 0 Å². The van der Waals surface area contributed by atoms with Crippen LogP contribution in [-0.2, 0) is 19.9 Å². The molecule has 10 heteroatoms. The van der Waals surface area contributed by atoms with Crippen molar-refractivity contribution in [2.45, 2.75) is 17.9 Å². The summed E-state index contributed by atoms with van der Waals surface area (Å²) in [4.78, 5) is 3.50. The van der Waals surface area contributed by atoms with E-state index in [2.05, 4.69) is 9.71 Å². The minimum absolute atomic E-state index is 0.0263. The van der Waals surface area contributed by atoms with Crippen LogP contribution in [0.4, 0.5) is 0 Å². The third-order valence-corrected chi connectivity index (χ3v) is 5.12. The lowest BCUT2D eigenvalue weighted by molar-refractivity contribution is 0.564. The van der Waals surface area contributed by atoms with Crippen molar-refractivity contribution >= 4 is 37.1 Å². The summed E-state index contributed by atoms with van der Waals surface area (Å²) in [6.45, 7) is 1.45. The van der Waals surface area contributed by atoms with Gasteiger partial charge in [-0.2, -0.15) is 0 Å². The van der Waals surface area contributed by atoms with Crippen LogP contribution in [0.15, 0.2) is 23.2 Å². The molecule has 0 aliphatic heterocycles. The fourth-order valence-corrected chi connectivity index (χ4v) is 4.35. The second-order valence-electron chi connectivity index (χ2n) is 4.33. The zero-order valence-corrected chi connectivity index (χ0v) is 13.3. The monoisotopic (exact) mass is 337 g/mol. The fraction of sp³-hybridized carbons (Fsp3) is 0.400.